The first-order valence-electron chi connectivity index (χ1n) is 14.2. The molecule has 0 bridgehead atoms. The van der Waals surface area contributed by atoms with Gasteiger partial charge in [-0.1, -0.05) is 81.7 Å². The van der Waals surface area contributed by atoms with E-state index in [1.807, 2.05) is 74.5 Å². The van der Waals surface area contributed by atoms with Crippen molar-refractivity contribution in [1.82, 2.24) is 15.1 Å². The molecule has 43 heavy (non-hydrogen) atoms. The molecular weight excluding hydrogens is 583 g/mol. The summed E-state index contributed by atoms with van der Waals surface area (Å²) in [6, 6.07) is 19.9. The number of rotatable bonds is 5. The van der Waals surface area contributed by atoms with Crippen LogP contribution in [0.1, 0.15) is 76.4 Å². The first-order valence-corrected chi connectivity index (χ1v) is 14.9. The fourth-order valence-electron chi connectivity index (χ4n) is 5.33. The van der Waals surface area contributed by atoms with E-state index in [1.54, 1.807) is 9.80 Å². The number of carbonyl (C=O) groups excluding carboxylic acids is 2. The normalized spacial score (nSPS) is 18.7. The summed E-state index contributed by atoms with van der Waals surface area (Å²) in [7, 11) is 0. The van der Waals surface area contributed by atoms with Gasteiger partial charge in [-0.2, -0.15) is 0 Å². The van der Waals surface area contributed by atoms with Crippen LogP contribution in [-0.2, 0) is 10.2 Å². The second kappa shape index (κ2) is 13.0. The van der Waals surface area contributed by atoms with Gasteiger partial charge in [-0.15, -0.1) is 0 Å². The maximum absolute atomic E-state index is 14.5. The number of urea groups is 1. The van der Waals surface area contributed by atoms with E-state index in [0.717, 1.165) is 16.7 Å². The fourth-order valence-corrected chi connectivity index (χ4v) is 5.59. The van der Waals surface area contributed by atoms with Crippen molar-refractivity contribution in [2.45, 2.75) is 65.6 Å². The molecule has 5 rings (SSSR count). The topological polar surface area (TPSA) is 74.2 Å². The van der Waals surface area contributed by atoms with Crippen LogP contribution in [0.3, 0.4) is 0 Å². The van der Waals surface area contributed by atoms with Gasteiger partial charge in [0.1, 0.15) is 24.2 Å². The van der Waals surface area contributed by atoms with E-state index in [0.29, 0.717) is 40.3 Å². The van der Waals surface area contributed by atoms with Crippen LogP contribution >= 0.6 is 23.2 Å². The van der Waals surface area contributed by atoms with E-state index in [2.05, 4.69) is 32.2 Å². The molecule has 1 N–H and O–H groups in total. The Balaban J connectivity index is 0.00000423. The Morgan fingerprint density at radius 1 is 0.977 bits per heavy atom. The van der Waals surface area contributed by atoms with Gasteiger partial charge in [0.2, 0.25) is 5.91 Å². The second-order valence-corrected chi connectivity index (χ2v) is 12.9. The largest absolute Gasteiger partial charge is 0.490 e. The molecule has 0 saturated carbocycles. The number of aliphatic imine (C=N–C) groups is 1. The summed E-state index contributed by atoms with van der Waals surface area (Å²) in [5.41, 5.74) is 3.47. The molecule has 0 spiro atoms. The van der Waals surface area contributed by atoms with Gasteiger partial charge in [-0.25, -0.2) is 4.79 Å². The molecule has 7 nitrogen and oxygen atoms in total. The van der Waals surface area contributed by atoms with Gasteiger partial charge < -0.3 is 15.0 Å². The molecule has 9 heteroatoms. The van der Waals surface area contributed by atoms with Crippen molar-refractivity contribution in [2.75, 3.05) is 19.6 Å². The zero-order chi connectivity index (χ0) is 30.2. The number of ether oxygens (including phenoxy) is 1. The molecule has 3 aromatic carbocycles. The molecule has 0 radical (unpaired) electrons. The van der Waals surface area contributed by atoms with Crippen LogP contribution in [-0.4, -0.2) is 53.3 Å². The predicted octanol–water partition coefficient (Wildman–Crippen LogP) is 7.81. The van der Waals surface area contributed by atoms with Crippen LogP contribution in [0.5, 0.6) is 5.75 Å². The fraction of sp³-hybridized carbons (Fsp3) is 0.382. The van der Waals surface area contributed by atoms with Crippen molar-refractivity contribution in [3.63, 3.8) is 0 Å². The van der Waals surface area contributed by atoms with Crippen molar-refractivity contribution in [1.29, 1.82) is 0 Å². The third-order valence-corrected chi connectivity index (χ3v) is 7.96. The summed E-state index contributed by atoms with van der Waals surface area (Å²) in [4.78, 5) is 35.4. The van der Waals surface area contributed by atoms with Gasteiger partial charge in [0, 0.05) is 23.1 Å². The molecule has 1 saturated heterocycles. The van der Waals surface area contributed by atoms with Gasteiger partial charge in [0.05, 0.1) is 17.7 Å². The highest BCUT2D eigenvalue weighted by Crippen LogP contribution is 2.46. The molecule has 2 aliphatic heterocycles. The summed E-state index contributed by atoms with van der Waals surface area (Å²) in [6.45, 7) is 11.2. The van der Waals surface area contributed by atoms with Gasteiger partial charge in [-0.3, -0.25) is 14.7 Å². The van der Waals surface area contributed by atoms with Crippen LogP contribution in [0.15, 0.2) is 71.7 Å². The van der Waals surface area contributed by atoms with Crippen molar-refractivity contribution in [3.8, 4) is 5.75 Å². The van der Waals surface area contributed by atoms with Crippen LogP contribution < -0.4 is 10.1 Å². The van der Waals surface area contributed by atoms with E-state index in [4.69, 9.17) is 32.9 Å². The predicted molar refractivity (Wildman–Crippen MR) is 174 cm³/mol. The lowest BCUT2D eigenvalue weighted by atomic mass is 9.86. The Labute approximate surface area is 264 Å². The highest BCUT2D eigenvalue weighted by molar-refractivity contribution is 6.30. The Morgan fingerprint density at radius 2 is 1.58 bits per heavy atom. The summed E-state index contributed by atoms with van der Waals surface area (Å²) >= 11 is 12.5. The lowest BCUT2D eigenvalue weighted by molar-refractivity contribution is -0.123. The molecule has 2 atom stereocenters. The van der Waals surface area contributed by atoms with Crippen molar-refractivity contribution >= 4 is 41.0 Å². The van der Waals surface area contributed by atoms with Gasteiger partial charge in [0.25, 0.3) is 0 Å². The summed E-state index contributed by atoms with van der Waals surface area (Å²) in [6.07, 6.45) is -0.102. The average molecular weight is 624 g/mol. The first-order chi connectivity index (χ1) is 19.9. The molecule has 2 aliphatic rings. The number of amidine groups is 1. The van der Waals surface area contributed by atoms with Gasteiger partial charge in [0.15, 0.2) is 0 Å². The number of benzene rings is 3. The van der Waals surface area contributed by atoms with E-state index in [9.17, 15) is 9.59 Å². The maximum Gasteiger partial charge on any atom is 0.326 e. The van der Waals surface area contributed by atoms with Crippen molar-refractivity contribution in [3.05, 3.63) is 99.0 Å². The van der Waals surface area contributed by atoms with Crippen LogP contribution in [0, 0.1) is 0 Å². The molecular formula is C34H40Cl2N4O3. The minimum Gasteiger partial charge on any atom is -0.490 e. The van der Waals surface area contributed by atoms with Crippen LogP contribution in [0.4, 0.5) is 4.79 Å². The molecule has 0 aromatic heterocycles. The number of amides is 3. The highest BCUT2D eigenvalue weighted by Gasteiger charge is 2.45. The number of nitrogens with zero attached hydrogens (tertiary/aromatic N) is 3. The lowest BCUT2D eigenvalue weighted by Crippen LogP contribution is -2.55. The molecule has 3 amide bonds. The molecule has 0 aliphatic carbocycles. The average Bonchev–Trinajstić information content (AvgIpc) is 3.33. The zero-order valence-electron chi connectivity index (χ0n) is 24.5. The Kier molecular flexibility index (Phi) is 9.77. The second-order valence-electron chi connectivity index (χ2n) is 12.0. The Bertz CT molecular complexity index is 1500. The summed E-state index contributed by atoms with van der Waals surface area (Å²) in [5, 5.41) is 4.02. The highest BCUT2D eigenvalue weighted by atomic mass is 35.5. The maximum atomic E-state index is 14.5. The molecule has 2 heterocycles. The van der Waals surface area contributed by atoms with E-state index >= 15 is 0 Å². The lowest BCUT2D eigenvalue weighted by Gasteiger charge is -2.36. The van der Waals surface area contributed by atoms with Crippen molar-refractivity contribution in [2.24, 2.45) is 4.99 Å². The summed E-state index contributed by atoms with van der Waals surface area (Å²) in [5.74, 6) is 0.946. The Morgan fingerprint density at radius 3 is 2.14 bits per heavy atom. The minimum atomic E-state index is -0.509. The summed E-state index contributed by atoms with van der Waals surface area (Å²) < 4.78 is 6.37. The quantitative estimate of drug-likeness (QED) is 0.315. The van der Waals surface area contributed by atoms with E-state index in [1.165, 1.54) is 0 Å². The van der Waals surface area contributed by atoms with Crippen LogP contribution in [0.25, 0.3) is 0 Å². The smallest absolute Gasteiger partial charge is 0.326 e. The number of piperazine rings is 1. The van der Waals surface area contributed by atoms with E-state index in [-0.39, 0.29) is 37.4 Å². The number of hydrogen-bond donors (Lipinski definition) is 1. The zero-order valence-corrected chi connectivity index (χ0v) is 26.0. The van der Waals surface area contributed by atoms with Crippen molar-refractivity contribution < 1.29 is 14.3 Å². The van der Waals surface area contributed by atoms with Crippen LogP contribution in [0.2, 0.25) is 10.0 Å². The molecule has 0 unspecified atom stereocenters. The molecule has 3 aromatic rings. The third kappa shape index (κ3) is 7.00. The third-order valence-electron chi connectivity index (χ3n) is 7.46. The monoisotopic (exact) mass is 622 g/mol. The number of nitrogens with one attached hydrogen (secondary N) is 1. The Hall–Kier alpha value is -3.55. The molecule has 228 valence electrons. The number of halogens is 2. The standard InChI is InChI=1S/C33H36Cl2N4O3.CH4/c1-20(2)42-27-18-23(33(3,4)5)10-15-26(27)31-37-29(21-6-11-24(34)12-7-21)30(22-8-13-25(35)14-9-22)39(31)32(41)38-17-16-36-28(40)19-38;/h6-15,18,20,29-30H,16-17,19H2,1-5H3,(H,36,40);1H4/t29-,30+;/m0./s1. The van der Waals surface area contributed by atoms with Gasteiger partial charge >= 0.3 is 6.03 Å². The number of hydrogen-bond acceptors (Lipinski definition) is 4. The van der Waals surface area contributed by atoms with E-state index < -0.39 is 12.1 Å². The minimum absolute atomic E-state index is 0. The number of carbonyl (C=O) groups is 2. The molecule has 1 fully saturated rings. The SMILES string of the molecule is C.CC(C)Oc1cc(C(C)(C)C)ccc1C1=N[C@@H](c2ccc(Cl)cc2)[C@@H](c2ccc(Cl)cc2)N1C(=O)N1CCNC(=O)C1. The van der Waals surface area contributed by atoms with Gasteiger partial charge in [-0.05, 0) is 72.4 Å². The first kappa shape index (κ1) is 32.4.